The first-order valence-corrected chi connectivity index (χ1v) is 15.0. The molecule has 0 rings (SSSR count). The van der Waals surface area contributed by atoms with Crippen LogP contribution in [-0.2, 0) is 18.6 Å². The maximum absolute atomic E-state index is 11.6. The second-order valence-corrected chi connectivity index (χ2v) is 10.6. The van der Waals surface area contributed by atoms with Gasteiger partial charge < -0.3 is 19.6 Å². The summed E-state index contributed by atoms with van der Waals surface area (Å²) in [6, 6.07) is 0. The number of hydrogen-bond acceptors (Lipinski definition) is 5. The van der Waals surface area contributed by atoms with Crippen LogP contribution in [0, 0.1) is 0 Å². The number of carbonyl (C=O) groups excluding carboxylic acids is 1. The average molecular weight is 507 g/mol. The molecule has 0 radical (unpaired) electrons. The molecule has 0 saturated carbocycles. The number of esters is 1. The van der Waals surface area contributed by atoms with Gasteiger partial charge in [0.1, 0.15) is 12.7 Å². The number of phosphoric acid groups is 1. The summed E-state index contributed by atoms with van der Waals surface area (Å²) in [4.78, 5) is 28.7. The molecule has 8 heteroatoms. The van der Waals surface area contributed by atoms with Crippen LogP contribution >= 0.6 is 7.82 Å². The van der Waals surface area contributed by atoms with E-state index >= 15 is 0 Å². The smallest absolute Gasteiger partial charge is 0.463 e. The number of phosphoric ester groups is 1. The van der Waals surface area contributed by atoms with Crippen LogP contribution in [0.2, 0.25) is 0 Å². The third-order valence-corrected chi connectivity index (χ3v) is 6.40. The van der Waals surface area contributed by atoms with Crippen molar-refractivity contribution in [2.24, 2.45) is 0 Å². The van der Waals surface area contributed by atoms with Crippen molar-refractivity contribution in [3.63, 3.8) is 0 Å². The van der Waals surface area contributed by atoms with Gasteiger partial charge in [-0.25, -0.2) is 4.57 Å². The molecule has 0 aliphatic rings. The van der Waals surface area contributed by atoms with Gasteiger partial charge in [0.05, 0.1) is 6.61 Å². The molecule has 0 aromatic rings. The van der Waals surface area contributed by atoms with Gasteiger partial charge >= 0.3 is 13.8 Å². The lowest BCUT2D eigenvalue weighted by Crippen LogP contribution is -2.23. The third-order valence-electron chi connectivity index (χ3n) is 5.91. The van der Waals surface area contributed by atoms with Crippen LogP contribution in [0.25, 0.3) is 0 Å². The van der Waals surface area contributed by atoms with Crippen molar-refractivity contribution in [3.8, 4) is 0 Å². The number of ether oxygens (including phenoxy) is 1. The van der Waals surface area contributed by atoms with E-state index in [1.54, 1.807) is 0 Å². The average Bonchev–Trinajstić information content (AvgIpc) is 2.79. The number of aliphatic hydroxyl groups excluding tert-OH is 1. The number of aliphatic hydroxyl groups is 1. The highest BCUT2D eigenvalue weighted by Gasteiger charge is 2.17. The molecule has 3 N–H and O–H groups in total. The summed E-state index contributed by atoms with van der Waals surface area (Å²) >= 11 is 0. The number of hydrogen-bond donors (Lipinski definition) is 3. The molecule has 1 atom stereocenters. The van der Waals surface area contributed by atoms with Gasteiger partial charge in [0.2, 0.25) is 0 Å². The van der Waals surface area contributed by atoms with Crippen molar-refractivity contribution in [1.82, 2.24) is 0 Å². The van der Waals surface area contributed by atoms with Gasteiger partial charge in [0, 0.05) is 6.42 Å². The van der Waals surface area contributed by atoms with Crippen molar-refractivity contribution in [3.05, 3.63) is 12.7 Å². The van der Waals surface area contributed by atoms with Crippen LogP contribution in [0.1, 0.15) is 128 Å². The molecule has 0 saturated heterocycles. The van der Waals surface area contributed by atoms with Crippen molar-refractivity contribution < 1.29 is 33.5 Å². The number of allylic oxidation sites excluding steroid dienone is 1. The van der Waals surface area contributed by atoms with E-state index in [1.807, 2.05) is 6.08 Å². The Morgan fingerprint density at radius 1 is 0.706 bits per heavy atom. The summed E-state index contributed by atoms with van der Waals surface area (Å²) in [5.74, 6) is -0.408. The van der Waals surface area contributed by atoms with E-state index in [0.717, 1.165) is 19.3 Å². The van der Waals surface area contributed by atoms with E-state index in [9.17, 15) is 14.5 Å². The molecule has 0 aliphatic heterocycles. The minimum atomic E-state index is -4.62. The molecule has 0 fully saturated rings. The standard InChI is InChI=1S/C26H51O7P/c1-2-3-4-5-6-7-8-9-10-11-12-13-14-15-16-17-18-19-20-21-22-26(28)32-23-25(27)24-33-34(29,30)31/h2,25,27H,1,3-24H2,(H2,29,30,31). The quantitative estimate of drug-likeness (QED) is 0.0501. The topological polar surface area (TPSA) is 113 Å². The van der Waals surface area contributed by atoms with E-state index in [0.29, 0.717) is 6.42 Å². The van der Waals surface area contributed by atoms with Gasteiger partial charge in [-0.2, -0.15) is 0 Å². The summed E-state index contributed by atoms with van der Waals surface area (Å²) in [5, 5.41) is 9.45. The highest BCUT2D eigenvalue weighted by atomic mass is 31.2. The molecule has 202 valence electrons. The summed E-state index contributed by atoms with van der Waals surface area (Å²) in [6.07, 6.45) is 25.2. The number of carbonyl (C=O) groups is 1. The molecule has 0 bridgehead atoms. The third kappa shape index (κ3) is 27.5. The maximum atomic E-state index is 11.6. The van der Waals surface area contributed by atoms with Crippen LogP contribution in [0.15, 0.2) is 12.7 Å². The Balaban J connectivity index is 3.24. The Bertz CT molecular complexity index is 521. The molecular weight excluding hydrogens is 455 g/mol. The van der Waals surface area contributed by atoms with Crippen molar-refractivity contribution >= 4 is 13.8 Å². The normalized spacial score (nSPS) is 12.6. The fourth-order valence-corrected chi connectivity index (χ4v) is 4.25. The molecule has 0 aliphatic carbocycles. The minimum absolute atomic E-state index is 0.293. The van der Waals surface area contributed by atoms with Crippen LogP contribution in [0.5, 0.6) is 0 Å². The Morgan fingerprint density at radius 2 is 1.09 bits per heavy atom. The van der Waals surface area contributed by atoms with Gasteiger partial charge in [-0.1, -0.05) is 109 Å². The Hall–Kier alpha value is -0.720. The largest absolute Gasteiger partial charge is 0.469 e. The summed E-state index contributed by atoms with van der Waals surface area (Å²) < 4.78 is 19.6. The molecule has 1 unspecified atom stereocenters. The SMILES string of the molecule is C=CCCCCCCCCCCCCCCCCCCCCC(=O)OCC(O)COP(=O)(O)O. The molecule has 34 heavy (non-hydrogen) atoms. The summed E-state index contributed by atoms with van der Waals surface area (Å²) in [6.45, 7) is 2.87. The molecule has 0 heterocycles. The molecule has 0 spiro atoms. The molecule has 0 amide bonds. The van der Waals surface area contributed by atoms with Crippen molar-refractivity contribution in [2.75, 3.05) is 13.2 Å². The first-order valence-electron chi connectivity index (χ1n) is 13.5. The van der Waals surface area contributed by atoms with Gasteiger partial charge in [-0.15, -0.1) is 6.58 Å². The molecule has 0 aromatic carbocycles. The van der Waals surface area contributed by atoms with Crippen LogP contribution < -0.4 is 0 Å². The first-order chi connectivity index (χ1) is 16.3. The monoisotopic (exact) mass is 506 g/mol. The predicted octanol–water partition coefficient (Wildman–Crippen LogP) is 6.99. The number of rotatable bonds is 26. The second kappa shape index (κ2) is 24.0. The van der Waals surface area contributed by atoms with Crippen LogP contribution in [0.3, 0.4) is 0 Å². The van der Waals surface area contributed by atoms with Gasteiger partial charge in [0.15, 0.2) is 0 Å². The Labute approximate surface area is 207 Å². The highest BCUT2D eigenvalue weighted by molar-refractivity contribution is 7.46. The zero-order valence-corrected chi connectivity index (χ0v) is 22.2. The first kappa shape index (κ1) is 33.3. The van der Waals surface area contributed by atoms with Gasteiger partial charge in [-0.3, -0.25) is 9.32 Å². The Kier molecular flexibility index (Phi) is 23.5. The predicted molar refractivity (Wildman–Crippen MR) is 137 cm³/mol. The van der Waals surface area contributed by atoms with E-state index in [-0.39, 0.29) is 6.61 Å². The van der Waals surface area contributed by atoms with E-state index in [1.165, 1.54) is 103 Å². The fraction of sp³-hybridized carbons (Fsp3) is 0.885. The summed E-state index contributed by atoms with van der Waals surface area (Å²) in [7, 11) is -4.62. The minimum Gasteiger partial charge on any atom is -0.463 e. The second-order valence-electron chi connectivity index (χ2n) is 9.31. The molecule has 0 aromatic heterocycles. The fourth-order valence-electron chi connectivity index (χ4n) is 3.88. The van der Waals surface area contributed by atoms with E-state index < -0.39 is 26.5 Å². The van der Waals surface area contributed by atoms with Crippen LogP contribution in [0.4, 0.5) is 0 Å². The highest BCUT2D eigenvalue weighted by Crippen LogP contribution is 2.35. The molecular formula is C26H51O7P. The van der Waals surface area contributed by atoms with Gasteiger partial charge in [0.25, 0.3) is 0 Å². The van der Waals surface area contributed by atoms with Gasteiger partial charge in [-0.05, 0) is 19.3 Å². The van der Waals surface area contributed by atoms with Crippen molar-refractivity contribution in [1.29, 1.82) is 0 Å². The zero-order chi connectivity index (χ0) is 25.3. The Morgan fingerprint density at radius 3 is 1.47 bits per heavy atom. The van der Waals surface area contributed by atoms with Crippen molar-refractivity contribution in [2.45, 2.75) is 135 Å². The lowest BCUT2D eigenvalue weighted by Gasteiger charge is -2.12. The maximum Gasteiger partial charge on any atom is 0.469 e. The molecule has 7 nitrogen and oxygen atoms in total. The van der Waals surface area contributed by atoms with E-state index in [2.05, 4.69) is 11.1 Å². The number of unbranched alkanes of at least 4 members (excludes halogenated alkanes) is 18. The lowest BCUT2D eigenvalue weighted by atomic mass is 10.0. The zero-order valence-electron chi connectivity index (χ0n) is 21.3. The summed E-state index contributed by atoms with van der Waals surface area (Å²) in [5.41, 5.74) is 0. The van der Waals surface area contributed by atoms with Crippen LogP contribution in [-0.4, -0.2) is 40.2 Å². The lowest BCUT2D eigenvalue weighted by molar-refractivity contribution is -0.147. The van der Waals surface area contributed by atoms with E-state index in [4.69, 9.17) is 14.5 Å².